The third kappa shape index (κ3) is 5.55. The number of benzene rings is 2. The lowest BCUT2D eigenvalue weighted by molar-refractivity contribution is -0.00000587. The second-order valence-electron chi connectivity index (χ2n) is 5.45. The molecule has 0 unspecified atom stereocenters. The van der Waals surface area contributed by atoms with Gasteiger partial charge in [0, 0.05) is 36.6 Å². The van der Waals surface area contributed by atoms with Crippen molar-refractivity contribution in [1.82, 2.24) is 10.3 Å². The fraction of sp³-hybridized carbons (Fsp3) is 0.150. The van der Waals surface area contributed by atoms with E-state index in [0.29, 0.717) is 12.1 Å². The van der Waals surface area contributed by atoms with Crippen LogP contribution in [0.15, 0.2) is 73.1 Å². The molecule has 2 aromatic carbocycles. The first-order valence-corrected chi connectivity index (χ1v) is 7.86. The molecule has 25 heavy (non-hydrogen) atoms. The quantitative estimate of drug-likeness (QED) is 0.687. The third-order valence-electron chi connectivity index (χ3n) is 3.68. The van der Waals surface area contributed by atoms with Crippen molar-refractivity contribution in [3.63, 3.8) is 0 Å². The van der Waals surface area contributed by atoms with Gasteiger partial charge < -0.3 is 22.5 Å². The third-order valence-corrected chi connectivity index (χ3v) is 3.68. The Labute approximate surface area is 153 Å². The minimum atomic E-state index is -0.246. The van der Waals surface area contributed by atoms with Crippen LogP contribution in [0.1, 0.15) is 16.7 Å². The van der Waals surface area contributed by atoms with Gasteiger partial charge in [0.1, 0.15) is 18.2 Å². The van der Waals surface area contributed by atoms with Gasteiger partial charge >= 0.3 is 0 Å². The summed E-state index contributed by atoms with van der Waals surface area (Å²) < 4.78 is 19.5. The van der Waals surface area contributed by atoms with Crippen LogP contribution in [-0.2, 0) is 19.7 Å². The Kier molecular flexibility index (Phi) is 7.38. The van der Waals surface area contributed by atoms with Crippen LogP contribution in [0.5, 0.6) is 5.75 Å². The van der Waals surface area contributed by atoms with Crippen molar-refractivity contribution < 1.29 is 21.5 Å². The Balaban J connectivity index is 0.00000225. The van der Waals surface area contributed by atoms with E-state index in [9.17, 15) is 4.39 Å². The van der Waals surface area contributed by atoms with E-state index in [1.165, 1.54) is 6.07 Å². The Morgan fingerprint density at radius 2 is 1.64 bits per heavy atom. The summed E-state index contributed by atoms with van der Waals surface area (Å²) in [6.45, 7) is 1.62. The summed E-state index contributed by atoms with van der Waals surface area (Å²) in [4.78, 5) is 4.10. The van der Waals surface area contributed by atoms with Gasteiger partial charge in [-0.1, -0.05) is 42.5 Å². The highest BCUT2D eigenvalue weighted by molar-refractivity contribution is 5.33. The lowest BCUT2D eigenvalue weighted by atomic mass is 10.2. The maximum atomic E-state index is 13.7. The summed E-state index contributed by atoms with van der Waals surface area (Å²) in [6, 6.07) is 18.4. The number of hydrogen-bond acceptors (Lipinski definition) is 3. The number of rotatable bonds is 7. The monoisotopic (exact) mass is 357 g/mol. The number of para-hydroxylation sites is 1. The van der Waals surface area contributed by atoms with Gasteiger partial charge in [0.15, 0.2) is 0 Å². The highest BCUT2D eigenvalue weighted by Gasteiger charge is 2.06. The molecule has 0 atom stereocenters. The van der Waals surface area contributed by atoms with Crippen molar-refractivity contribution in [2.75, 3.05) is 0 Å². The number of ether oxygens (including phenoxy) is 1. The highest BCUT2D eigenvalue weighted by atomic mass is 35.5. The van der Waals surface area contributed by atoms with E-state index in [1.54, 1.807) is 18.3 Å². The molecule has 0 aliphatic rings. The van der Waals surface area contributed by atoms with Crippen LogP contribution in [0.4, 0.5) is 4.39 Å². The molecular formula is C20H19ClFN2O-. The molecule has 0 aliphatic carbocycles. The van der Waals surface area contributed by atoms with Crippen LogP contribution >= 0.6 is 0 Å². The first-order valence-electron chi connectivity index (χ1n) is 7.86. The lowest BCUT2D eigenvalue weighted by Crippen LogP contribution is -3.00. The van der Waals surface area contributed by atoms with Crippen molar-refractivity contribution in [3.05, 3.63) is 95.6 Å². The Morgan fingerprint density at radius 3 is 2.40 bits per heavy atom. The van der Waals surface area contributed by atoms with E-state index < -0.39 is 0 Å². The van der Waals surface area contributed by atoms with Crippen LogP contribution < -0.4 is 22.5 Å². The average Bonchev–Trinajstić information content (AvgIpc) is 2.63. The van der Waals surface area contributed by atoms with Crippen molar-refractivity contribution in [2.24, 2.45) is 0 Å². The van der Waals surface area contributed by atoms with Crippen LogP contribution in [0, 0.1) is 5.82 Å². The number of nitrogens with one attached hydrogen (secondary N) is 1. The Bertz CT molecular complexity index is 783. The summed E-state index contributed by atoms with van der Waals surface area (Å²) in [5, 5.41) is 3.37. The number of nitrogens with zero attached hydrogens (tertiary/aromatic N) is 1. The molecule has 130 valence electrons. The number of hydrogen-bond donors (Lipinski definition) is 1. The molecule has 3 nitrogen and oxygen atoms in total. The second kappa shape index (κ2) is 9.77. The van der Waals surface area contributed by atoms with Gasteiger partial charge in [-0.25, -0.2) is 4.39 Å². The first kappa shape index (κ1) is 18.9. The zero-order chi connectivity index (χ0) is 16.6. The summed E-state index contributed by atoms with van der Waals surface area (Å²) in [6.07, 6.45) is 3.60. The molecule has 3 aromatic rings. The second-order valence-corrected chi connectivity index (χ2v) is 5.45. The molecule has 1 heterocycles. The molecule has 0 spiro atoms. The summed E-state index contributed by atoms with van der Waals surface area (Å²) in [5.41, 5.74) is 2.72. The molecule has 3 rings (SSSR count). The zero-order valence-electron chi connectivity index (χ0n) is 13.7. The molecular weight excluding hydrogens is 339 g/mol. The van der Waals surface area contributed by atoms with Crippen LogP contribution in [0.3, 0.4) is 0 Å². The lowest BCUT2D eigenvalue weighted by Gasteiger charge is -2.12. The molecule has 5 heteroatoms. The van der Waals surface area contributed by atoms with E-state index in [1.807, 2.05) is 48.7 Å². The summed E-state index contributed by atoms with van der Waals surface area (Å²) in [7, 11) is 0. The number of pyridine rings is 1. The van der Waals surface area contributed by atoms with Gasteiger partial charge in [-0.3, -0.25) is 4.98 Å². The molecule has 0 saturated carbocycles. The van der Waals surface area contributed by atoms with Crippen molar-refractivity contribution in [3.8, 4) is 5.75 Å². The van der Waals surface area contributed by atoms with E-state index >= 15 is 0 Å². The van der Waals surface area contributed by atoms with Crippen molar-refractivity contribution in [2.45, 2.75) is 19.7 Å². The standard InChI is InChI=1S/C20H19FN2O.ClH/c21-19-9-3-1-8-18(19)15-24-20-10-4-2-7-17(20)14-23-13-16-6-5-11-22-12-16;/h1-12,23H,13-15H2;1H/p-1. The smallest absolute Gasteiger partial charge is 0.129 e. The van der Waals surface area contributed by atoms with E-state index in [4.69, 9.17) is 4.74 Å². The minimum absolute atomic E-state index is 0. The molecule has 0 amide bonds. The predicted molar refractivity (Wildman–Crippen MR) is 92.0 cm³/mol. The maximum absolute atomic E-state index is 13.7. The summed E-state index contributed by atoms with van der Waals surface area (Å²) >= 11 is 0. The normalized spacial score (nSPS) is 10.1. The van der Waals surface area contributed by atoms with Crippen LogP contribution in [0.2, 0.25) is 0 Å². The first-order chi connectivity index (χ1) is 11.8. The van der Waals surface area contributed by atoms with Gasteiger partial charge in [-0.2, -0.15) is 0 Å². The molecule has 0 fully saturated rings. The average molecular weight is 358 g/mol. The van der Waals surface area contributed by atoms with Crippen LogP contribution in [0.25, 0.3) is 0 Å². The molecule has 0 saturated heterocycles. The van der Waals surface area contributed by atoms with Gasteiger partial charge in [0.25, 0.3) is 0 Å². The van der Waals surface area contributed by atoms with Gasteiger partial charge in [0.2, 0.25) is 0 Å². The van der Waals surface area contributed by atoms with E-state index in [0.717, 1.165) is 23.4 Å². The topological polar surface area (TPSA) is 34.1 Å². The molecule has 0 bridgehead atoms. The SMILES string of the molecule is Fc1ccccc1COc1ccccc1CNCc1cccnc1.[Cl-]. The molecule has 1 N–H and O–H groups in total. The fourth-order valence-corrected chi connectivity index (χ4v) is 2.41. The number of halogens is 2. The Morgan fingerprint density at radius 1 is 0.880 bits per heavy atom. The number of aromatic nitrogens is 1. The molecule has 0 aliphatic heterocycles. The Hall–Kier alpha value is -2.43. The maximum Gasteiger partial charge on any atom is 0.129 e. The summed E-state index contributed by atoms with van der Waals surface area (Å²) in [5.74, 6) is 0.518. The highest BCUT2D eigenvalue weighted by Crippen LogP contribution is 2.20. The molecule has 1 aromatic heterocycles. The van der Waals surface area contributed by atoms with E-state index in [2.05, 4.69) is 10.3 Å². The van der Waals surface area contributed by atoms with Crippen molar-refractivity contribution in [1.29, 1.82) is 0 Å². The van der Waals surface area contributed by atoms with Gasteiger partial charge in [0.05, 0.1) is 0 Å². The predicted octanol–water partition coefficient (Wildman–Crippen LogP) is 1.09. The zero-order valence-corrected chi connectivity index (χ0v) is 14.4. The largest absolute Gasteiger partial charge is 1.00 e. The van der Waals surface area contributed by atoms with E-state index in [-0.39, 0.29) is 24.8 Å². The fourth-order valence-electron chi connectivity index (χ4n) is 2.41. The van der Waals surface area contributed by atoms with Crippen LogP contribution in [-0.4, -0.2) is 4.98 Å². The van der Waals surface area contributed by atoms with Crippen molar-refractivity contribution >= 4 is 0 Å². The van der Waals surface area contributed by atoms with Gasteiger partial charge in [-0.15, -0.1) is 0 Å². The minimum Gasteiger partial charge on any atom is -1.00 e. The van der Waals surface area contributed by atoms with Gasteiger partial charge in [-0.05, 0) is 23.8 Å². The molecule has 0 radical (unpaired) electrons.